The molecule has 3 aliphatic rings. The Bertz CT molecular complexity index is 1070. The zero-order valence-corrected chi connectivity index (χ0v) is 21.1. The molecule has 2 nitrogen and oxygen atoms in total. The Labute approximate surface area is 196 Å². The lowest BCUT2D eigenvalue weighted by molar-refractivity contribution is 0.0730. The van der Waals surface area contributed by atoms with Crippen molar-refractivity contribution < 1.29 is 0 Å². The SMILES string of the molecule is C=C(C)/C(N)=N\C1(C)c2cc(C3=CPCC(C#CC)=C3)ccc2C[C@]12CC[C@@H](CC)CC2. The van der Waals surface area contributed by atoms with Crippen LogP contribution in [-0.4, -0.2) is 12.0 Å². The third-order valence-corrected chi connectivity index (χ3v) is 9.22. The highest BCUT2D eigenvalue weighted by Crippen LogP contribution is 2.60. The molecule has 3 heteroatoms. The van der Waals surface area contributed by atoms with Crippen LogP contribution in [0.15, 0.2) is 52.8 Å². The van der Waals surface area contributed by atoms with E-state index in [-0.39, 0.29) is 11.0 Å². The summed E-state index contributed by atoms with van der Waals surface area (Å²) in [6.45, 7) is 12.6. The van der Waals surface area contributed by atoms with Gasteiger partial charge in [0.1, 0.15) is 5.84 Å². The van der Waals surface area contributed by atoms with Crippen LogP contribution in [0.5, 0.6) is 0 Å². The van der Waals surface area contributed by atoms with E-state index in [0.717, 1.165) is 32.7 Å². The standard InChI is InChI=1S/C29H37N2P/c1-6-8-22-15-25(19-32-18-22)23-9-10-24-17-29(13-11-21(7-2)12-14-29)28(5,26(24)16-23)31-27(30)20(3)4/h9-10,15-16,19,21,32H,3,7,11-14,17-18H2,1-2,4-5H3,(H2,30,31)/t21-,28?,29-. The number of amidine groups is 1. The lowest BCUT2D eigenvalue weighted by atomic mass is 9.60. The van der Waals surface area contributed by atoms with Crippen molar-refractivity contribution >= 4 is 20.0 Å². The maximum Gasteiger partial charge on any atom is 0.121 e. The van der Waals surface area contributed by atoms with Crippen LogP contribution in [0.25, 0.3) is 5.57 Å². The molecule has 2 unspecified atom stereocenters. The zero-order valence-electron chi connectivity index (χ0n) is 20.1. The summed E-state index contributed by atoms with van der Waals surface area (Å²) in [6, 6.07) is 7.06. The Morgan fingerprint density at radius 2 is 2.06 bits per heavy atom. The van der Waals surface area contributed by atoms with Gasteiger partial charge in [0.2, 0.25) is 0 Å². The van der Waals surface area contributed by atoms with Gasteiger partial charge in [-0.1, -0.05) is 52.4 Å². The van der Waals surface area contributed by atoms with Gasteiger partial charge in [-0.25, -0.2) is 0 Å². The highest BCUT2D eigenvalue weighted by Gasteiger charge is 2.55. The molecule has 1 aliphatic heterocycles. The number of aliphatic imine (C=N–C) groups is 1. The van der Waals surface area contributed by atoms with E-state index < -0.39 is 0 Å². The number of rotatable bonds is 4. The van der Waals surface area contributed by atoms with E-state index in [1.165, 1.54) is 59.9 Å². The molecule has 2 N–H and O–H groups in total. The summed E-state index contributed by atoms with van der Waals surface area (Å²) < 4.78 is 0. The minimum Gasteiger partial charge on any atom is -0.384 e. The number of nitrogens with two attached hydrogens (primary N) is 1. The normalized spacial score (nSPS) is 30.4. The summed E-state index contributed by atoms with van der Waals surface area (Å²) >= 11 is 0. The van der Waals surface area contributed by atoms with Gasteiger partial charge in [0.05, 0.1) is 5.54 Å². The zero-order chi connectivity index (χ0) is 22.9. The van der Waals surface area contributed by atoms with Gasteiger partial charge in [0, 0.05) is 17.2 Å². The first-order valence-electron chi connectivity index (χ1n) is 12.0. The second kappa shape index (κ2) is 9.03. The van der Waals surface area contributed by atoms with Crippen molar-refractivity contribution in [2.45, 2.75) is 71.8 Å². The molecule has 1 fully saturated rings. The lowest BCUT2D eigenvalue weighted by Crippen LogP contribution is -2.43. The Morgan fingerprint density at radius 3 is 2.72 bits per heavy atom. The molecule has 32 heavy (non-hydrogen) atoms. The van der Waals surface area contributed by atoms with Crippen molar-refractivity contribution in [1.29, 1.82) is 0 Å². The van der Waals surface area contributed by atoms with Crippen LogP contribution in [0, 0.1) is 23.2 Å². The van der Waals surface area contributed by atoms with Gasteiger partial charge >= 0.3 is 0 Å². The maximum absolute atomic E-state index is 6.43. The first-order valence-corrected chi connectivity index (χ1v) is 13.3. The number of benzene rings is 1. The Morgan fingerprint density at radius 1 is 1.31 bits per heavy atom. The van der Waals surface area contributed by atoms with Crippen molar-refractivity contribution in [2.24, 2.45) is 22.1 Å². The van der Waals surface area contributed by atoms with E-state index in [4.69, 9.17) is 10.7 Å². The van der Waals surface area contributed by atoms with E-state index in [0.29, 0.717) is 5.84 Å². The van der Waals surface area contributed by atoms with Crippen molar-refractivity contribution in [1.82, 2.24) is 0 Å². The number of nitrogens with zero attached hydrogens (tertiary/aromatic N) is 1. The largest absolute Gasteiger partial charge is 0.384 e. The fourth-order valence-electron chi connectivity index (χ4n) is 5.96. The highest BCUT2D eigenvalue weighted by atomic mass is 31.1. The first kappa shape index (κ1) is 23.1. The summed E-state index contributed by atoms with van der Waals surface area (Å²) in [7, 11) is 0.790. The predicted octanol–water partition coefficient (Wildman–Crippen LogP) is 6.96. The summed E-state index contributed by atoms with van der Waals surface area (Å²) in [6.07, 6.45) is 10.8. The third kappa shape index (κ3) is 4.02. The maximum atomic E-state index is 6.43. The van der Waals surface area contributed by atoms with Crippen LogP contribution in [-0.2, 0) is 12.0 Å². The van der Waals surface area contributed by atoms with Crippen molar-refractivity contribution in [3.05, 3.63) is 64.5 Å². The summed E-state index contributed by atoms with van der Waals surface area (Å²) in [5, 5.41) is 0. The van der Waals surface area contributed by atoms with Crippen molar-refractivity contribution in [2.75, 3.05) is 6.16 Å². The molecule has 1 aromatic rings. The van der Waals surface area contributed by atoms with Gasteiger partial charge in [0.25, 0.3) is 0 Å². The molecule has 0 bridgehead atoms. The van der Waals surface area contributed by atoms with Crippen molar-refractivity contribution in [3.8, 4) is 11.8 Å². The van der Waals surface area contributed by atoms with Gasteiger partial charge in [-0.2, -0.15) is 0 Å². The predicted molar refractivity (Wildman–Crippen MR) is 141 cm³/mol. The highest BCUT2D eigenvalue weighted by molar-refractivity contribution is 7.42. The van der Waals surface area contributed by atoms with Crippen LogP contribution in [0.3, 0.4) is 0 Å². The molecule has 4 rings (SSSR count). The molecule has 0 saturated heterocycles. The fourth-order valence-corrected chi connectivity index (χ4v) is 6.94. The summed E-state index contributed by atoms with van der Waals surface area (Å²) in [5.74, 6) is 10.2. The molecule has 1 spiro atoms. The van der Waals surface area contributed by atoms with Gasteiger partial charge < -0.3 is 5.73 Å². The summed E-state index contributed by atoms with van der Waals surface area (Å²) in [4.78, 5) is 5.25. The van der Waals surface area contributed by atoms with E-state index in [9.17, 15) is 0 Å². The number of hydrogen-bond acceptors (Lipinski definition) is 1. The fraction of sp³-hybridized carbons (Fsp3) is 0.483. The van der Waals surface area contributed by atoms with Crippen LogP contribution >= 0.6 is 8.58 Å². The van der Waals surface area contributed by atoms with Crippen LogP contribution in [0.1, 0.15) is 76.5 Å². The molecule has 2 aliphatic carbocycles. The molecular weight excluding hydrogens is 407 g/mol. The molecular formula is C29H37N2P. The first-order chi connectivity index (χ1) is 15.3. The Hall–Kier alpha value is -2.10. The monoisotopic (exact) mass is 444 g/mol. The lowest BCUT2D eigenvalue weighted by Gasteiger charge is -2.46. The number of allylic oxidation sites excluding steroid dienone is 3. The van der Waals surface area contributed by atoms with Gasteiger partial charge in [-0.15, -0.1) is 5.92 Å². The van der Waals surface area contributed by atoms with E-state index in [1.54, 1.807) is 0 Å². The van der Waals surface area contributed by atoms with Crippen LogP contribution in [0.2, 0.25) is 0 Å². The van der Waals surface area contributed by atoms with Crippen molar-refractivity contribution in [3.63, 3.8) is 0 Å². The molecule has 168 valence electrons. The second-order valence-electron chi connectivity index (χ2n) is 10.1. The van der Waals surface area contributed by atoms with E-state index in [1.807, 2.05) is 13.8 Å². The smallest absolute Gasteiger partial charge is 0.121 e. The second-order valence-corrected chi connectivity index (χ2v) is 11.1. The minimum absolute atomic E-state index is 0.150. The molecule has 1 aromatic carbocycles. The Kier molecular flexibility index (Phi) is 6.51. The minimum atomic E-state index is -0.312. The topological polar surface area (TPSA) is 38.4 Å². The molecule has 0 aromatic heterocycles. The van der Waals surface area contributed by atoms with E-state index >= 15 is 0 Å². The molecule has 1 saturated carbocycles. The third-order valence-electron chi connectivity index (χ3n) is 8.12. The van der Waals surface area contributed by atoms with Crippen LogP contribution < -0.4 is 5.73 Å². The Balaban J connectivity index is 1.80. The van der Waals surface area contributed by atoms with E-state index in [2.05, 4.69) is 62.4 Å². The van der Waals surface area contributed by atoms with Gasteiger partial charge in [-0.05, 0) is 98.8 Å². The van der Waals surface area contributed by atoms with Crippen LogP contribution in [0.4, 0.5) is 0 Å². The van der Waals surface area contributed by atoms with Gasteiger partial charge in [0.15, 0.2) is 0 Å². The molecule has 0 amide bonds. The number of fused-ring (bicyclic) bond motifs is 1. The molecule has 0 radical (unpaired) electrons. The molecule has 1 heterocycles. The average Bonchev–Trinajstić information content (AvgIpc) is 3.01. The quantitative estimate of drug-likeness (QED) is 0.232. The summed E-state index contributed by atoms with van der Waals surface area (Å²) in [5.41, 5.74) is 13.7. The van der Waals surface area contributed by atoms with Gasteiger partial charge in [-0.3, -0.25) is 4.99 Å². The number of hydrogen-bond donors (Lipinski definition) is 1. The average molecular weight is 445 g/mol. The molecule has 2 atom stereocenters.